The van der Waals surface area contributed by atoms with Crippen LogP contribution < -0.4 is 4.74 Å². The first-order valence-corrected chi connectivity index (χ1v) is 10.9. The molecule has 2 saturated carbocycles. The molecule has 3 aliphatic rings. The summed E-state index contributed by atoms with van der Waals surface area (Å²) in [5.74, 6) is 3.94. The monoisotopic (exact) mass is 378 g/mol. The summed E-state index contributed by atoms with van der Waals surface area (Å²) in [5.41, 5.74) is 8.54. The number of methoxy groups -OCH3 is 1. The molecule has 29 heavy (non-hydrogen) atoms. The predicted octanol–water partition coefficient (Wildman–Crippen LogP) is 6.80. The Hall–Kier alpha value is -2.80. The van der Waals surface area contributed by atoms with Gasteiger partial charge in [-0.3, -0.25) is 0 Å². The van der Waals surface area contributed by atoms with Crippen molar-refractivity contribution in [3.8, 4) is 5.75 Å². The first-order chi connectivity index (χ1) is 14.4. The average molecular weight is 379 g/mol. The van der Waals surface area contributed by atoms with Gasteiger partial charge in [0.2, 0.25) is 0 Å². The van der Waals surface area contributed by atoms with Gasteiger partial charge in [0.25, 0.3) is 0 Å². The van der Waals surface area contributed by atoms with Crippen LogP contribution in [0.3, 0.4) is 0 Å². The van der Waals surface area contributed by atoms with E-state index in [1.807, 2.05) is 7.11 Å². The molecule has 3 aromatic carbocycles. The molecule has 0 saturated heterocycles. The smallest absolute Gasteiger partial charge is 0.122 e. The van der Waals surface area contributed by atoms with Crippen molar-refractivity contribution < 1.29 is 4.74 Å². The number of hydrogen-bond acceptors (Lipinski definition) is 1. The van der Waals surface area contributed by atoms with E-state index in [1.54, 1.807) is 5.57 Å². The zero-order valence-corrected chi connectivity index (χ0v) is 16.8. The van der Waals surface area contributed by atoms with Gasteiger partial charge in [-0.15, -0.1) is 0 Å². The number of fused-ring (bicyclic) bond motifs is 7. The van der Waals surface area contributed by atoms with Crippen molar-refractivity contribution in [2.45, 2.75) is 25.2 Å². The molecular formula is C28H26O. The second kappa shape index (κ2) is 6.62. The van der Waals surface area contributed by atoms with Crippen molar-refractivity contribution in [2.24, 2.45) is 17.8 Å². The molecule has 3 aromatic rings. The normalized spacial score (nSPS) is 26.3. The van der Waals surface area contributed by atoms with E-state index in [2.05, 4.69) is 78.9 Å². The number of rotatable bonds is 3. The van der Waals surface area contributed by atoms with Crippen LogP contribution in [0.15, 0.2) is 78.9 Å². The highest BCUT2D eigenvalue weighted by Crippen LogP contribution is 2.68. The lowest BCUT2D eigenvalue weighted by molar-refractivity contribution is 0.348. The zero-order valence-electron chi connectivity index (χ0n) is 16.8. The van der Waals surface area contributed by atoms with E-state index in [9.17, 15) is 0 Å². The lowest BCUT2D eigenvalue weighted by Gasteiger charge is -2.28. The topological polar surface area (TPSA) is 9.23 Å². The van der Waals surface area contributed by atoms with Crippen molar-refractivity contribution in [3.05, 3.63) is 101 Å². The standard InChI is InChI=1S/C28H26O/c1-29-23-14-8-13-22-27(23)25-20-15-16-21(17-20)26(25)28(22)24(18-9-4-2-5-10-18)19-11-6-3-7-12-19/h2-14,20-21,25-26H,15-17H2,1H3/t20-,21+,25+,26-/m1/s1. The van der Waals surface area contributed by atoms with E-state index >= 15 is 0 Å². The molecule has 0 radical (unpaired) electrons. The van der Waals surface area contributed by atoms with Gasteiger partial charge < -0.3 is 4.74 Å². The first kappa shape index (κ1) is 17.1. The Bertz CT molecular complexity index is 1040. The van der Waals surface area contributed by atoms with Crippen molar-refractivity contribution in [2.75, 3.05) is 7.11 Å². The number of benzene rings is 3. The van der Waals surface area contributed by atoms with Crippen LogP contribution in [0.25, 0.3) is 11.1 Å². The van der Waals surface area contributed by atoms with Crippen molar-refractivity contribution >= 4 is 11.1 Å². The predicted molar refractivity (Wildman–Crippen MR) is 119 cm³/mol. The fourth-order valence-electron chi connectivity index (χ4n) is 6.59. The lowest BCUT2D eigenvalue weighted by Crippen LogP contribution is -2.17. The Labute approximate surface area is 173 Å². The molecule has 0 amide bonds. The maximum absolute atomic E-state index is 5.89. The molecule has 3 aliphatic carbocycles. The summed E-state index contributed by atoms with van der Waals surface area (Å²) >= 11 is 0. The summed E-state index contributed by atoms with van der Waals surface area (Å²) in [6, 6.07) is 28.7. The minimum absolute atomic E-state index is 0.621. The fourth-order valence-corrected chi connectivity index (χ4v) is 6.59. The lowest BCUT2D eigenvalue weighted by atomic mass is 9.76. The van der Waals surface area contributed by atoms with Crippen molar-refractivity contribution in [1.29, 1.82) is 0 Å². The Kier molecular flexibility index (Phi) is 3.90. The van der Waals surface area contributed by atoms with Crippen LogP contribution in [0.5, 0.6) is 5.75 Å². The Morgan fingerprint density at radius 2 is 1.34 bits per heavy atom. The minimum Gasteiger partial charge on any atom is -0.496 e. The highest BCUT2D eigenvalue weighted by Gasteiger charge is 2.55. The molecule has 1 nitrogen and oxygen atoms in total. The summed E-state index contributed by atoms with van der Waals surface area (Å²) in [5, 5.41) is 0. The van der Waals surface area contributed by atoms with Gasteiger partial charge in [-0.1, -0.05) is 72.8 Å². The van der Waals surface area contributed by atoms with E-state index in [-0.39, 0.29) is 0 Å². The number of hydrogen-bond donors (Lipinski definition) is 0. The summed E-state index contributed by atoms with van der Waals surface area (Å²) in [4.78, 5) is 0. The quantitative estimate of drug-likeness (QED) is 0.487. The van der Waals surface area contributed by atoms with E-state index in [0.29, 0.717) is 11.8 Å². The van der Waals surface area contributed by atoms with Gasteiger partial charge in [0.05, 0.1) is 7.11 Å². The Balaban J connectivity index is 1.70. The molecule has 0 heterocycles. The van der Waals surface area contributed by atoms with Crippen LogP contribution >= 0.6 is 0 Å². The largest absolute Gasteiger partial charge is 0.496 e. The molecule has 2 bridgehead atoms. The van der Waals surface area contributed by atoms with Gasteiger partial charge in [0, 0.05) is 5.56 Å². The SMILES string of the molecule is COc1cccc2c1[C@H]1[C@@H]3CC[C@@H](C3)[C@H]1C2=C(c1ccccc1)c1ccccc1. The molecule has 0 aliphatic heterocycles. The molecular weight excluding hydrogens is 352 g/mol. The van der Waals surface area contributed by atoms with E-state index in [0.717, 1.165) is 17.6 Å². The maximum Gasteiger partial charge on any atom is 0.122 e. The Morgan fingerprint density at radius 3 is 1.97 bits per heavy atom. The molecule has 144 valence electrons. The van der Waals surface area contributed by atoms with Gasteiger partial charge >= 0.3 is 0 Å². The van der Waals surface area contributed by atoms with E-state index in [1.165, 1.54) is 47.1 Å². The van der Waals surface area contributed by atoms with Gasteiger partial charge in [-0.25, -0.2) is 0 Å². The summed E-state index contributed by atoms with van der Waals surface area (Å²) in [6.07, 6.45) is 4.14. The van der Waals surface area contributed by atoms with Gasteiger partial charge in [0.15, 0.2) is 0 Å². The average Bonchev–Trinajstić information content (AvgIpc) is 3.48. The molecule has 1 heteroatoms. The van der Waals surface area contributed by atoms with Crippen molar-refractivity contribution in [1.82, 2.24) is 0 Å². The second-order valence-electron chi connectivity index (χ2n) is 8.83. The zero-order chi connectivity index (χ0) is 19.4. The van der Waals surface area contributed by atoms with Crippen LogP contribution in [0.1, 0.15) is 47.4 Å². The fraction of sp³-hybridized carbons (Fsp3) is 0.286. The number of ether oxygens (including phenoxy) is 1. The van der Waals surface area contributed by atoms with Crippen LogP contribution in [0.4, 0.5) is 0 Å². The second-order valence-corrected chi connectivity index (χ2v) is 8.83. The van der Waals surface area contributed by atoms with Crippen LogP contribution in [-0.2, 0) is 0 Å². The highest BCUT2D eigenvalue weighted by atomic mass is 16.5. The maximum atomic E-state index is 5.89. The Morgan fingerprint density at radius 1 is 0.724 bits per heavy atom. The highest BCUT2D eigenvalue weighted by molar-refractivity contribution is 6.02. The van der Waals surface area contributed by atoms with E-state index < -0.39 is 0 Å². The van der Waals surface area contributed by atoms with Crippen molar-refractivity contribution in [3.63, 3.8) is 0 Å². The third-order valence-electron chi connectivity index (χ3n) is 7.55. The molecule has 0 N–H and O–H groups in total. The first-order valence-electron chi connectivity index (χ1n) is 10.9. The van der Waals surface area contributed by atoms with Gasteiger partial charge in [-0.05, 0) is 76.8 Å². The molecule has 4 atom stereocenters. The van der Waals surface area contributed by atoms with Gasteiger partial charge in [-0.2, -0.15) is 0 Å². The number of allylic oxidation sites excluding steroid dienone is 1. The summed E-state index contributed by atoms with van der Waals surface area (Å²) in [6.45, 7) is 0. The van der Waals surface area contributed by atoms with E-state index in [4.69, 9.17) is 4.74 Å². The van der Waals surface area contributed by atoms with Crippen LogP contribution in [0, 0.1) is 17.8 Å². The minimum atomic E-state index is 0.621. The molecule has 0 unspecified atom stereocenters. The molecule has 2 fully saturated rings. The summed E-state index contributed by atoms with van der Waals surface area (Å²) in [7, 11) is 1.83. The molecule has 0 aromatic heterocycles. The van der Waals surface area contributed by atoms with Crippen LogP contribution in [-0.4, -0.2) is 7.11 Å². The molecule has 6 rings (SSSR count). The third kappa shape index (κ3) is 2.46. The van der Waals surface area contributed by atoms with Crippen LogP contribution in [0.2, 0.25) is 0 Å². The third-order valence-corrected chi connectivity index (χ3v) is 7.55. The molecule has 0 spiro atoms. The summed E-state index contributed by atoms with van der Waals surface area (Å²) < 4.78 is 5.89. The van der Waals surface area contributed by atoms with Gasteiger partial charge in [0.1, 0.15) is 5.75 Å².